The van der Waals surface area contributed by atoms with Crippen molar-refractivity contribution in [3.63, 3.8) is 0 Å². The quantitative estimate of drug-likeness (QED) is 0.799. The largest absolute Gasteiger partial charge is 0.508 e. The number of phenols is 1. The molecule has 106 valence electrons. The van der Waals surface area contributed by atoms with Crippen LogP contribution in [0.3, 0.4) is 0 Å². The van der Waals surface area contributed by atoms with Crippen molar-refractivity contribution in [2.45, 2.75) is 12.8 Å². The van der Waals surface area contributed by atoms with Gasteiger partial charge < -0.3 is 15.9 Å². The number of nitrogens with two attached hydrogens (primary N) is 1. The van der Waals surface area contributed by atoms with Gasteiger partial charge in [-0.25, -0.2) is 4.79 Å². The second-order valence-electron chi connectivity index (χ2n) is 4.23. The number of rotatable bonds is 4. The molecule has 0 aliphatic carbocycles. The van der Waals surface area contributed by atoms with Crippen LogP contribution in [0.4, 0.5) is 0 Å². The molecule has 0 amide bonds. The molecule has 0 saturated heterocycles. The SMILES string of the molecule is NCCCc1ccccc1.O=C(O)c1ccc(O)cc1. The fraction of sp³-hybridized carbons (Fsp3) is 0.188. The molecule has 0 spiro atoms. The summed E-state index contributed by atoms with van der Waals surface area (Å²) in [4.78, 5) is 10.2. The molecule has 4 nitrogen and oxygen atoms in total. The van der Waals surface area contributed by atoms with Gasteiger partial charge in [0.25, 0.3) is 0 Å². The van der Waals surface area contributed by atoms with Crippen molar-refractivity contribution in [3.8, 4) is 5.75 Å². The van der Waals surface area contributed by atoms with E-state index in [2.05, 4.69) is 24.3 Å². The van der Waals surface area contributed by atoms with Crippen LogP contribution < -0.4 is 5.73 Å². The molecule has 0 aliphatic rings. The van der Waals surface area contributed by atoms with Crippen LogP contribution in [0.1, 0.15) is 22.3 Å². The van der Waals surface area contributed by atoms with Gasteiger partial charge in [0.15, 0.2) is 0 Å². The van der Waals surface area contributed by atoms with Gasteiger partial charge in [0, 0.05) is 0 Å². The molecule has 0 aromatic heterocycles. The Balaban J connectivity index is 0.000000200. The maximum Gasteiger partial charge on any atom is 0.335 e. The van der Waals surface area contributed by atoms with Gasteiger partial charge in [-0.3, -0.25) is 0 Å². The van der Waals surface area contributed by atoms with Crippen molar-refractivity contribution in [2.24, 2.45) is 5.73 Å². The first kappa shape index (κ1) is 15.7. The molecule has 20 heavy (non-hydrogen) atoms. The summed E-state index contributed by atoms with van der Waals surface area (Å²) >= 11 is 0. The number of aromatic hydroxyl groups is 1. The highest BCUT2D eigenvalue weighted by atomic mass is 16.4. The molecule has 2 aromatic carbocycles. The zero-order valence-corrected chi connectivity index (χ0v) is 11.2. The summed E-state index contributed by atoms with van der Waals surface area (Å²) in [5.74, 6) is -0.912. The molecule has 0 atom stereocenters. The average molecular weight is 273 g/mol. The Hall–Kier alpha value is -2.33. The van der Waals surface area contributed by atoms with Crippen molar-refractivity contribution in [2.75, 3.05) is 6.54 Å². The number of phenolic OH excluding ortho intramolecular Hbond substituents is 1. The second-order valence-corrected chi connectivity index (χ2v) is 4.23. The van der Waals surface area contributed by atoms with Crippen LogP contribution in [0, 0.1) is 0 Å². The number of carbonyl (C=O) groups is 1. The molecule has 0 aliphatic heterocycles. The number of benzene rings is 2. The molecule has 2 rings (SSSR count). The lowest BCUT2D eigenvalue weighted by molar-refractivity contribution is 0.0697. The summed E-state index contributed by atoms with van der Waals surface area (Å²) in [6.45, 7) is 0.787. The van der Waals surface area contributed by atoms with E-state index in [0.717, 1.165) is 19.4 Å². The van der Waals surface area contributed by atoms with Gasteiger partial charge in [0.1, 0.15) is 5.75 Å². The summed E-state index contributed by atoms with van der Waals surface area (Å²) in [6, 6.07) is 15.8. The van der Waals surface area contributed by atoms with Crippen LogP contribution in [-0.2, 0) is 6.42 Å². The minimum Gasteiger partial charge on any atom is -0.508 e. The lowest BCUT2D eigenvalue weighted by Crippen LogP contribution is -1.99. The van der Waals surface area contributed by atoms with Gasteiger partial charge in [-0.1, -0.05) is 30.3 Å². The minimum absolute atomic E-state index is 0.0741. The van der Waals surface area contributed by atoms with Crippen LogP contribution in [0.5, 0.6) is 5.75 Å². The maximum atomic E-state index is 10.2. The molecule has 4 N–H and O–H groups in total. The van der Waals surface area contributed by atoms with E-state index in [0.29, 0.717) is 0 Å². The van der Waals surface area contributed by atoms with Crippen molar-refractivity contribution in [1.82, 2.24) is 0 Å². The van der Waals surface area contributed by atoms with Gasteiger partial charge in [-0.05, 0) is 49.2 Å². The Labute approximate surface area is 118 Å². The van der Waals surface area contributed by atoms with Gasteiger partial charge in [-0.2, -0.15) is 0 Å². The van der Waals surface area contributed by atoms with Gasteiger partial charge in [0.05, 0.1) is 5.56 Å². The van der Waals surface area contributed by atoms with Crippen LogP contribution in [0.15, 0.2) is 54.6 Å². The zero-order chi connectivity index (χ0) is 14.8. The first-order valence-corrected chi connectivity index (χ1v) is 6.40. The summed E-state index contributed by atoms with van der Waals surface area (Å²) in [5.41, 5.74) is 6.94. The monoisotopic (exact) mass is 273 g/mol. The molecule has 2 aromatic rings. The Bertz CT molecular complexity index is 509. The van der Waals surface area contributed by atoms with E-state index in [9.17, 15) is 4.79 Å². The first-order chi connectivity index (χ1) is 9.63. The van der Waals surface area contributed by atoms with Crippen molar-refractivity contribution in [3.05, 3.63) is 65.7 Å². The Kier molecular flexibility index (Phi) is 6.85. The van der Waals surface area contributed by atoms with Gasteiger partial charge in [0.2, 0.25) is 0 Å². The highest BCUT2D eigenvalue weighted by Gasteiger charge is 1.99. The molecule has 0 unspecified atom stereocenters. The third kappa shape index (κ3) is 6.02. The smallest absolute Gasteiger partial charge is 0.335 e. The predicted octanol–water partition coefficient (Wildman–Crippen LogP) is 2.67. The van der Waals surface area contributed by atoms with Crippen molar-refractivity contribution < 1.29 is 15.0 Å². The molecule has 0 radical (unpaired) electrons. The van der Waals surface area contributed by atoms with E-state index >= 15 is 0 Å². The predicted molar refractivity (Wildman–Crippen MR) is 78.9 cm³/mol. The summed E-state index contributed by atoms with van der Waals surface area (Å²) in [5, 5.41) is 17.1. The standard InChI is InChI=1S/C9H13N.C7H6O3/c10-8-4-7-9-5-2-1-3-6-9;8-6-3-1-5(2-4-6)7(9)10/h1-3,5-6H,4,7-8,10H2;1-4,8H,(H,9,10). The zero-order valence-electron chi connectivity index (χ0n) is 11.2. The Morgan fingerprint density at radius 1 is 1.00 bits per heavy atom. The Morgan fingerprint density at radius 2 is 1.60 bits per heavy atom. The number of aryl methyl sites for hydroxylation is 1. The molecule has 0 fully saturated rings. The van der Waals surface area contributed by atoms with Crippen molar-refractivity contribution in [1.29, 1.82) is 0 Å². The molecular formula is C16H19NO3. The topological polar surface area (TPSA) is 83.6 Å². The van der Waals surface area contributed by atoms with Gasteiger partial charge in [-0.15, -0.1) is 0 Å². The normalized spacial score (nSPS) is 9.45. The Morgan fingerprint density at radius 3 is 2.10 bits per heavy atom. The van der Waals surface area contributed by atoms with E-state index in [1.54, 1.807) is 0 Å². The van der Waals surface area contributed by atoms with E-state index in [1.807, 2.05) is 6.07 Å². The molecule has 0 heterocycles. The van der Waals surface area contributed by atoms with Crippen LogP contribution in [-0.4, -0.2) is 22.7 Å². The second kappa shape index (κ2) is 8.72. The third-order valence-corrected chi connectivity index (χ3v) is 2.63. The lowest BCUT2D eigenvalue weighted by atomic mass is 10.1. The van der Waals surface area contributed by atoms with Gasteiger partial charge >= 0.3 is 5.97 Å². The highest BCUT2D eigenvalue weighted by Crippen LogP contribution is 2.08. The van der Waals surface area contributed by atoms with Crippen LogP contribution in [0.25, 0.3) is 0 Å². The fourth-order valence-electron chi connectivity index (χ4n) is 1.55. The third-order valence-electron chi connectivity index (χ3n) is 2.63. The average Bonchev–Trinajstić information content (AvgIpc) is 2.47. The van der Waals surface area contributed by atoms with E-state index in [-0.39, 0.29) is 11.3 Å². The number of aromatic carboxylic acids is 1. The molecule has 4 heteroatoms. The fourth-order valence-corrected chi connectivity index (χ4v) is 1.55. The minimum atomic E-state index is -0.986. The van der Waals surface area contributed by atoms with Crippen molar-refractivity contribution >= 4 is 5.97 Å². The highest BCUT2D eigenvalue weighted by molar-refractivity contribution is 5.87. The van der Waals surface area contributed by atoms with E-state index < -0.39 is 5.97 Å². The summed E-state index contributed by atoms with van der Waals surface area (Å²) in [7, 11) is 0. The van der Waals surface area contributed by atoms with E-state index in [4.69, 9.17) is 15.9 Å². The number of hydrogen-bond donors (Lipinski definition) is 3. The van der Waals surface area contributed by atoms with E-state index in [1.165, 1.54) is 29.8 Å². The number of hydrogen-bond acceptors (Lipinski definition) is 3. The first-order valence-electron chi connectivity index (χ1n) is 6.40. The molecule has 0 bridgehead atoms. The van der Waals surface area contributed by atoms with Crippen LogP contribution in [0.2, 0.25) is 0 Å². The van der Waals surface area contributed by atoms with Crippen LogP contribution >= 0.6 is 0 Å². The number of carboxylic acids is 1. The lowest BCUT2D eigenvalue weighted by Gasteiger charge is -1.96. The summed E-state index contributed by atoms with van der Waals surface area (Å²) < 4.78 is 0. The molecular weight excluding hydrogens is 254 g/mol. The molecule has 0 saturated carbocycles. The number of carboxylic acid groups (broad SMARTS) is 1. The summed E-state index contributed by atoms with van der Waals surface area (Å²) in [6.07, 6.45) is 2.20. The maximum absolute atomic E-state index is 10.2.